The second-order valence-corrected chi connectivity index (χ2v) is 8.68. The van der Waals surface area contributed by atoms with Crippen LogP contribution in [-0.2, 0) is 10.0 Å². The van der Waals surface area contributed by atoms with Crippen LogP contribution in [0.15, 0.2) is 59.5 Å². The number of nitro groups is 1. The van der Waals surface area contributed by atoms with Gasteiger partial charge in [0.05, 0.1) is 20.4 Å². The highest BCUT2D eigenvalue weighted by Gasteiger charge is 2.38. The minimum absolute atomic E-state index is 0.0558. The maximum absolute atomic E-state index is 13.0. The van der Waals surface area contributed by atoms with Crippen molar-refractivity contribution < 1.29 is 28.0 Å². The van der Waals surface area contributed by atoms with Gasteiger partial charge in [-0.15, -0.1) is 0 Å². The summed E-state index contributed by atoms with van der Waals surface area (Å²) >= 11 is 6.03. The minimum Gasteiger partial charge on any atom is -0.508 e. The van der Waals surface area contributed by atoms with Crippen molar-refractivity contribution >= 4 is 44.6 Å². The lowest BCUT2D eigenvalue weighted by atomic mass is 9.83. The van der Waals surface area contributed by atoms with Crippen LogP contribution < -0.4 is 4.72 Å². The molecule has 0 heterocycles. The van der Waals surface area contributed by atoms with Gasteiger partial charge in [0.15, 0.2) is 5.78 Å². The molecule has 0 unspecified atom stereocenters. The fourth-order valence-electron chi connectivity index (χ4n) is 3.26. The first-order valence-electron chi connectivity index (χ1n) is 8.62. The van der Waals surface area contributed by atoms with Gasteiger partial charge in [-0.3, -0.25) is 24.4 Å². The number of phenolic OH excluding ortho intramolecular Hbond substituents is 1. The molecule has 0 radical (unpaired) electrons. The molecule has 31 heavy (non-hydrogen) atoms. The molecule has 11 heteroatoms. The van der Waals surface area contributed by atoms with E-state index in [4.69, 9.17) is 11.6 Å². The maximum Gasteiger partial charge on any atom is 0.281 e. The van der Waals surface area contributed by atoms with Crippen LogP contribution in [0.5, 0.6) is 5.75 Å². The number of benzene rings is 3. The van der Waals surface area contributed by atoms with Crippen molar-refractivity contribution in [3.05, 3.63) is 92.0 Å². The van der Waals surface area contributed by atoms with E-state index in [0.717, 1.165) is 24.3 Å². The van der Waals surface area contributed by atoms with Crippen molar-refractivity contribution in [2.45, 2.75) is 4.90 Å². The highest BCUT2D eigenvalue weighted by Crippen LogP contribution is 2.37. The van der Waals surface area contributed by atoms with Crippen LogP contribution in [0, 0.1) is 10.1 Å². The molecule has 1 aliphatic carbocycles. The molecule has 3 aromatic carbocycles. The lowest BCUT2D eigenvalue weighted by molar-refractivity contribution is -0.385. The molecule has 3 aromatic rings. The van der Waals surface area contributed by atoms with Crippen LogP contribution in [0.25, 0.3) is 0 Å². The zero-order chi connectivity index (χ0) is 22.5. The first kappa shape index (κ1) is 20.5. The summed E-state index contributed by atoms with van der Waals surface area (Å²) in [6, 6.07) is 10.7. The van der Waals surface area contributed by atoms with E-state index in [9.17, 15) is 33.2 Å². The number of fused-ring (bicyclic) bond motifs is 2. The Kier molecular flexibility index (Phi) is 4.75. The minimum atomic E-state index is -4.17. The van der Waals surface area contributed by atoms with Crippen molar-refractivity contribution in [1.82, 2.24) is 0 Å². The molecule has 0 spiro atoms. The standard InChI is InChI=1S/C20H11ClN2O7S/c21-15-7-8-16(23(27)28)18-17(15)19(25)13-6-5-12(9-14(13)20(18)26)31(29,30)22-10-1-3-11(24)4-2-10/h1-9,22,24H. The Morgan fingerprint density at radius 1 is 0.903 bits per heavy atom. The number of rotatable bonds is 4. The van der Waals surface area contributed by atoms with Crippen LogP contribution in [-0.4, -0.2) is 30.0 Å². The van der Waals surface area contributed by atoms with Crippen molar-refractivity contribution in [3.63, 3.8) is 0 Å². The molecule has 4 rings (SSSR count). The number of hydrogen-bond donors (Lipinski definition) is 2. The van der Waals surface area contributed by atoms with Crippen molar-refractivity contribution in [2.75, 3.05) is 4.72 Å². The second kappa shape index (κ2) is 7.18. The average molecular weight is 459 g/mol. The number of phenols is 1. The average Bonchev–Trinajstić information content (AvgIpc) is 2.72. The van der Waals surface area contributed by atoms with Gasteiger partial charge in [0.2, 0.25) is 5.78 Å². The largest absolute Gasteiger partial charge is 0.508 e. The quantitative estimate of drug-likeness (QED) is 0.270. The predicted molar refractivity (Wildman–Crippen MR) is 110 cm³/mol. The first-order chi connectivity index (χ1) is 14.6. The summed E-state index contributed by atoms with van der Waals surface area (Å²) in [5, 5.41) is 20.6. The SMILES string of the molecule is O=C1c2ccc(S(=O)(=O)Nc3ccc(O)cc3)cc2C(=O)c2c([N+](=O)[O-])ccc(Cl)c21. The molecular formula is C20H11ClN2O7S. The van der Waals surface area contributed by atoms with Gasteiger partial charge in [0, 0.05) is 22.9 Å². The third kappa shape index (κ3) is 3.41. The fraction of sp³-hybridized carbons (Fsp3) is 0. The molecule has 2 N–H and O–H groups in total. The van der Waals surface area contributed by atoms with Gasteiger partial charge in [-0.25, -0.2) is 8.42 Å². The fourth-order valence-corrected chi connectivity index (χ4v) is 4.59. The smallest absolute Gasteiger partial charge is 0.281 e. The number of nitro benzene ring substituents is 1. The first-order valence-corrected chi connectivity index (χ1v) is 10.5. The summed E-state index contributed by atoms with van der Waals surface area (Å²) in [6.45, 7) is 0. The molecule has 0 atom stereocenters. The van der Waals surface area contributed by atoms with Gasteiger partial charge in [-0.1, -0.05) is 11.6 Å². The van der Waals surface area contributed by atoms with Gasteiger partial charge >= 0.3 is 0 Å². The lowest BCUT2D eigenvalue weighted by Crippen LogP contribution is -2.24. The number of halogens is 1. The monoisotopic (exact) mass is 458 g/mol. The Hall–Kier alpha value is -3.76. The number of sulfonamides is 1. The van der Waals surface area contributed by atoms with E-state index in [1.807, 2.05) is 0 Å². The highest BCUT2D eigenvalue weighted by molar-refractivity contribution is 7.92. The van der Waals surface area contributed by atoms with E-state index in [-0.39, 0.29) is 38.0 Å². The normalized spacial score (nSPS) is 12.8. The summed E-state index contributed by atoms with van der Waals surface area (Å²) in [5.74, 6) is -1.64. The van der Waals surface area contributed by atoms with E-state index in [2.05, 4.69) is 4.72 Å². The van der Waals surface area contributed by atoms with Crippen molar-refractivity contribution in [2.24, 2.45) is 0 Å². The highest BCUT2D eigenvalue weighted by atomic mass is 35.5. The number of nitrogens with zero attached hydrogens (tertiary/aromatic N) is 1. The Labute approximate surface area is 180 Å². The molecule has 9 nitrogen and oxygen atoms in total. The summed E-state index contributed by atoms with van der Waals surface area (Å²) < 4.78 is 27.8. The molecule has 0 fully saturated rings. The molecule has 0 aliphatic heterocycles. The number of aromatic hydroxyl groups is 1. The predicted octanol–water partition coefficient (Wildman–Crippen LogP) is 3.53. The second-order valence-electron chi connectivity index (χ2n) is 6.59. The molecule has 0 aromatic heterocycles. The molecule has 1 aliphatic rings. The zero-order valence-corrected chi connectivity index (χ0v) is 16.9. The number of hydrogen-bond acceptors (Lipinski definition) is 7. The molecule has 0 saturated heterocycles. The topological polar surface area (TPSA) is 144 Å². The van der Waals surface area contributed by atoms with Gasteiger partial charge in [0.1, 0.15) is 11.3 Å². The Bertz CT molecular complexity index is 1400. The molecule has 0 saturated carbocycles. The maximum atomic E-state index is 13.0. The van der Waals surface area contributed by atoms with E-state index >= 15 is 0 Å². The van der Waals surface area contributed by atoms with Crippen molar-refractivity contribution in [3.8, 4) is 5.75 Å². The van der Waals surface area contributed by atoms with Crippen LogP contribution in [0.1, 0.15) is 31.8 Å². The van der Waals surface area contributed by atoms with Crippen LogP contribution in [0.2, 0.25) is 5.02 Å². The molecule has 0 amide bonds. The van der Waals surface area contributed by atoms with Gasteiger partial charge in [-0.2, -0.15) is 0 Å². The number of ketones is 2. The van der Waals surface area contributed by atoms with Gasteiger partial charge in [-0.05, 0) is 48.5 Å². The van der Waals surface area contributed by atoms with E-state index in [1.165, 1.54) is 30.3 Å². The third-order valence-corrected chi connectivity index (χ3v) is 6.39. The molecular weight excluding hydrogens is 448 g/mol. The molecule has 156 valence electrons. The van der Waals surface area contributed by atoms with Crippen LogP contribution >= 0.6 is 11.6 Å². The summed E-state index contributed by atoms with van der Waals surface area (Å²) in [6.07, 6.45) is 0. The summed E-state index contributed by atoms with van der Waals surface area (Å²) in [5.41, 5.74) is -1.59. The number of carbonyl (C=O) groups excluding carboxylic acids is 2. The summed E-state index contributed by atoms with van der Waals surface area (Å²) in [7, 11) is -4.17. The van der Waals surface area contributed by atoms with Gasteiger partial charge < -0.3 is 5.11 Å². The number of carbonyl (C=O) groups is 2. The Balaban J connectivity index is 1.82. The van der Waals surface area contributed by atoms with E-state index in [0.29, 0.717) is 0 Å². The zero-order valence-electron chi connectivity index (χ0n) is 15.3. The van der Waals surface area contributed by atoms with E-state index < -0.39 is 37.8 Å². The number of nitrogens with one attached hydrogen (secondary N) is 1. The Morgan fingerprint density at radius 2 is 1.55 bits per heavy atom. The molecule has 0 bridgehead atoms. The third-order valence-electron chi connectivity index (χ3n) is 4.69. The van der Waals surface area contributed by atoms with Crippen LogP contribution in [0.3, 0.4) is 0 Å². The number of anilines is 1. The summed E-state index contributed by atoms with van der Waals surface area (Å²) in [4.78, 5) is 36.2. The Morgan fingerprint density at radius 3 is 2.19 bits per heavy atom. The lowest BCUT2D eigenvalue weighted by Gasteiger charge is -2.19. The van der Waals surface area contributed by atoms with Crippen molar-refractivity contribution in [1.29, 1.82) is 0 Å². The van der Waals surface area contributed by atoms with Gasteiger partial charge in [0.25, 0.3) is 15.7 Å². The van der Waals surface area contributed by atoms with E-state index in [1.54, 1.807) is 0 Å². The van der Waals surface area contributed by atoms with Crippen LogP contribution in [0.4, 0.5) is 11.4 Å².